The predicted octanol–water partition coefficient (Wildman–Crippen LogP) is 2.82. The van der Waals surface area contributed by atoms with Gasteiger partial charge in [0, 0.05) is 19.4 Å². The van der Waals surface area contributed by atoms with Gasteiger partial charge in [-0.25, -0.2) is 4.98 Å². The average molecular weight is 390 g/mol. The number of aryl methyl sites for hydroxylation is 1. The molecule has 29 heavy (non-hydrogen) atoms. The molecule has 1 aliphatic rings. The Labute approximate surface area is 170 Å². The zero-order chi connectivity index (χ0) is 20.4. The molecule has 2 aromatic carbocycles. The lowest BCUT2D eigenvalue weighted by Gasteiger charge is -2.35. The van der Waals surface area contributed by atoms with Crippen molar-refractivity contribution in [3.63, 3.8) is 0 Å². The Morgan fingerprint density at radius 2 is 1.83 bits per heavy atom. The van der Waals surface area contributed by atoms with E-state index in [1.807, 2.05) is 53.1 Å². The number of primary amides is 1. The molecule has 150 valence electrons. The maximum absolute atomic E-state index is 13.3. The van der Waals surface area contributed by atoms with Gasteiger partial charge in [0.2, 0.25) is 11.8 Å². The summed E-state index contributed by atoms with van der Waals surface area (Å²) in [7, 11) is 0. The Hall–Kier alpha value is -3.15. The number of imidazole rings is 1. The number of amides is 2. The van der Waals surface area contributed by atoms with Gasteiger partial charge in [-0.2, -0.15) is 0 Å². The number of aromatic nitrogens is 2. The van der Waals surface area contributed by atoms with Crippen molar-refractivity contribution in [1.82, 2.24) is 14.5 Å². The first kappa shape index (κ1) is 19.2. The zero-order valence-electron chi connectivity index (χ0n) is 16.7. The van der Waals surface area contributed by atoms with Gasteiger partial charge >= 0.3 is 0 Å². The number of nitrogens with zero attached hydrogens (tertiary/aromatic N) is 3. The number of unbranched alkanes of at least 4 members (excludes halogenated alkanes) is 1. The van der Waals surface area contributed by atoms with E-state index in [1.54, 1.807) is 4.90 Å². The van der Waals surface area contributed by atoms with Gasteiger partial charge in [0.15, 0.2) is 0 Å². The quantitative estimate of drug-likeness (QED) is 0.703. The summed E-state index contributed by atoms with van der Waals surface area (Å²) in [5.74, 6) is 0.341. The molecular weight excluding hydrogens is 364 g/mol. The summed E-state index contributed by atoms with van der Waals surface area (Å²) >= 11 is 0. The van der Waals surface area contributed by atoms with E-state index >= 15 is 0 Å². The van der Waals surface area contributed by atoms with Crippen molar-refractivity contribution in [3.05, 3.63) is 65.5 Å². The van der Waals surface area contributed by atoms with Gasteiger partial charge in [-0.3, -0.25) is 9.59 Å². The lowest BCUT2D eigenvalue weighted by atomic mass is 9.93. The summed E-state index contributed by atoms with van der Waals surface area (Å²) in [4.78, 5) is 31.8. The van der Waals surface area contributed by atoms with Gasteiger partial charge in [0.05, 0.1) is 11.0 Å². The zero-order valence-corrected chi connectivity index (χ0v) is 16.7. The molecule has 6 nitrogen and oxygen atoms in total. The second-order valence-electron chi connectivity index (χ2n) is 7.62. The van der Waals surface area contributed by atoms with Gasteiger partial charge in [-0.1, -0.05) is 49.7 Å². The van der Waals surface area contributed by atoms with Crippen LogP contribution in [-0.2, 0) is 35.5 Å². The number of nitrogens with two attached hydrogens (primary N) is 1. The third-order valence-electron chi connectivity index (χ3n) is 5.68. The van der Waals surface area contributed by atoms with Gasteiger partial charge in [-0.15, -0.1) is 0 Å². The topological polar surface area (TPSA) is 81.2 Å². The van der Waals surface area contributed by atoms with Crippen molar-refractivity contribution < 1.29 is 9.59 Å². The summed E-state index contributed by atoms with van der Waals surface area (Å²) in [6.07, 6.45) is 3.35. The second kappa shape index (κ2) is 8.07. The van der Waals surface area contributed by atoms with E-state index in [0.717, 1.165) is 47.2 Å². The second-order valence-corrected chi connectivity index (χ2v) is 7.62. The van der Waals surface area contributed by atoms with Crippen molar-refractivity contribution in [2.24, 2.45) is 5.73 Å². The Bertz CT molecular complexity index is 1060. The SMILES string of the molecule is CCCCc1nc2ccccc2n1CC(=O)N1Cc2ccccc2CC1C(N)=O. The molecule has 2 heterocycles. The van der Waals surface area contributed by atoms with Crippen LogP contribution in [0.25, 0.3) is 11.0 Å². The Morgan fingerprint density at radius 1 is 1.10 bits per heavy atom. The van der Waals surface area contributed by atoms with E-state index in [0.29, 0.717) is 13.0 Å². The van der Waals surface area contributed by atoms with E-state index < -0.39 is 11.9 Å². The number of hydrogen-bond acceptors (Lipinski definition) is 3. The van der Waals surface area contributed by atoms with Crippen LogP contribution in [0.3, 0.4) is 0 Å². The maximum atomic E-state index is 13.3. The van der Waals surface area contributed by atoms with Crippen LogP contribution in [0.5, 0.6) is 0 Å². The highest BCUT2D eigenvalue weighted by Crippen LogP contribution is 2.25. The minimum atomic E-state index is -0.619. The van der Waals surface area contributed by atoms with Crippen LogP contribution < -0.4 is 5.73 Å². The van der Waals surface area contributed by atoms with Crippen LogP contribution in [0, 0.1) is 0 Å². The molecule has 4 rings (SSSR count). The molecule has 1 aliphatic heterocycles. The lowest BCUT2D eigenvalue weighted by Crippen LogP contribution is -2.52. The Balaban J connectivity index is 1.65. The fourth-order valence-corrected chi connectivity index (χ4v) is 4.09. The largest absolute Gasteiger partial charge is 0.368 e. The van der Waals surface area contributed by atoms with Gasteiger partial charge < -0.3 is 15.2 Å². The van der Waals surface area contributed by atoms with Crippen LogP contribution in [0.1, 0.15) is 36.7 Å². The number of carbonyl (C=O) groups is 2. The summed E-state index contributed by atoms with van der Waals surface area (Å²) < 4.78 is 1.99. The number of carbonyl (C=O) groups excluding carboxylic acids is 2. The highest BCUT2D eigenvalue weighted by Gasteiger charge is 2.33. The molecular formula is C23H26N4O2. The molecule has 0 fully saturated rings. The van der Waals surface area contributed by atoms with E-state index in [1.165, 1.54) is 0 Å². The number of para-hydroxylation sites is 2. The standard InChI is InChI=1S/C23H26N4O2/c1-2-3-12-21-25-18-10-6-7-11-19(18)26(21)15-22(28)27-14-17-9-5-4-8-16(17)13-20(27)23(24)29/h4-11,20H,2-3,12-15H2,1H3,(H2,24,29). The van der Waals surface area contributed by atoms with Crippen molar-refractivity contribution >= 4 is 22.8 Å². The van der Waals surface area contributed by atoms with Gasteiger partial charge in [-0.05, 0) is 29.7 Å². The molecule has 1 aromatic heterocycles. The molecule has 6 heteroatoms. The van der Waals surface area contributed by atoms with Crippen LogP contribution >= 0.6 is 0 Å². The maximum Gasteiger partial charge on any atom is 0.243 e. The Morgan fingerprint density at radius 3 is 2.59 bits per heavy atom. The minimum Gasteiger partial charge on any atom is -0.368 e. The molecule has 0 saturated heterocycles. The Kier molecular flexibility index (Phi) is 5.34. The van der Waals surface area contributed by atoms with Crippen LogP contribution in [0.15, 0.2) is 48.5 Å². The molecule has 1 atom stereocenters. The van der Waals surface area contributed by atoms with E-state index in [9.17, 15) is 9.59 Å². The molecule has 0 bridgehead atoms. The smallest absolute Gasteiger partial charge is 0.243 e. The summed E-state index contributed by atoms with van der Waals surface area (Å²) in [5, 5.41) is 0. The van der Waals surface area contributed by atoms with Crippen LogP contribution in [0.2, 0.25) is 0 Å². The first-order valence-electron chi connectivity index (χ1n) is 10.2. The summed E-state index contributed by atoms with van der Waals surface area (Å²) in [6.45, 7) is 2.70. The van der Waals surface area contributed by atoms with Crippen molar-refractivity contribution in [1.29, 1.82) is 0 Å². The van der Waals surface area contributed by atoms with Crippen molar-refractivity contribution in [2.45, 2.75) is 51.7 Å². The number of fused-ring (bicyclic) bond motifs is 2. The van der Waals surface area contributed by atoms with Crippen LogP contribution in [-0.4, -0.2) is 32.3 Å². The van der Waals surface area contributed by atoms with Crippen molar-refractivity contribution in [2.75, 3.05) is 0 Å². The third-order valence-corrected chi connectivity index (χ3v) is 5.68. The van der Waals surface area contributed by atoms with Crippen molar-refractivity contribution in [3.8, 4) is 0 Å². The summed E-state index contributed by atoms with van der Waals surface area (Å²) in [5.41, 5.74) is 9.65. The van der Waals surface area contributed by atoms with E-state index in [-0.39, 0.29) is 12.5 Å². The van der Waals surface area contributed by atoms with Crippen LogP contribution in [0.4, 0.5) is 0 Å². The lowest BCUT2D eigenvalue weighted by molar-refractivity contribution is -0.141. The first-order valence-corrected chi connectivity index (χ1v) is 10.2. The normalized spacial score (nSPS) is 16.0. The monoisotopic (exact) mass is 390 g/mol. The number of rotatable bonds is 6. The van der Waals surface area contributed by atoms with E-state index in [4.69, 9.17) is 10.7 Å². The average Bonchev–Trinajstić information content (AvgIpc) is 3.08. The molecule has 0 saturated carbocycles. The highest BCUT2D eigenvalue weighted by atomic mass is 16.2. The van der Waals surface area contributed by atoms with Gasteiger partial charge in [0.25, 0.3) is 0 Å². The van der Waals surface area contributed by atoms with E-state index in [2.05, 4.69) is 6.92 Å². The molecule has 2 amide bonds. The summed E-state index contributed by atoms with van der Waals surface area (Å²) in [6, 6.07) is 15.2. The third kappa shape index (κ3) is 3.75. The molecule has 2 N–H and O–H groups in total. The molecule has 0 spiro atoms. The fourth-order valence-electron chi connectivity index (χ4n) is 4.09. The molecule has 0 aliphatic carbocycles. The molecule has 3 aromatic rings. The predicted molar refractivity (Wildman–Crippen MR) is 112 cm³/mol. The van der Waals surface area contributed by atoms with Gasteiger partial charge in [0.1, 0.15) is 18.4 Å². The highest BCUT2D eigenvalue weighted by molar-refractivity contribution is 5.88. The molecule has 0 radical (unpaired) electrons. The first-order chi connectivity index (χ1) is 14.1. The minimum absolute atomic E-state index is 0.107. The number of hydrogen-bond donors (Lipinski definition) is 1. The molecule has 1 unspecified atom stereocenters. The fraction of sp³-hybridized carbons (Fsp3) is 0.348. The number of benzene rings is 2.